The molecule has 1 aromatic heterocycles. The number of aryl methyl sites for hydroxylation is 1. The first-order valence-corrected chi connectivity index (χ1v) is 7.00. The molecular weight excluding hydrogens is 266 g/mol. The third-order valence-electron chi connectivity index (χ3n) is 2.82. The van der Waals surface area contributed by atoms with Gasteiger partial charge in [0, 0.05) is 31.3 Å². The fourth-order valence-electron chi connectivity index (χ4n) is 1.92. The van der Waals surface area contributed by atoms with Crippen molar-refractivity contribution in [1.29, 1.82) is 0 Å². The van der Waals surface area contributed by atoms with Crippen LogP contribution in [0.2, 0.25) is 0 Å². The largest absolute Gasteiger partial charge is 0.337 e. The lowest BCUT2D eigenvalue weighted by molar-refractivity contribution is 0.265. The van der Waals surface area contributed by atoms with Crippen LogP contribution in [-0.4, -0.2) is 33.4 Å². The second kappa shape index (κ2) is 7.07. The lowest BCUT2D eigenvalue weighted by Crippen LogP contribution is -2.27. The zero-order chi connectivity index (χ0) is 12.0. The van der Waals surface area contributed by atoms with E-state index in [9.17, 15) is 0 Å². The maximum atomic E-state index is 4.34. The van der Waals surface area contributed by atoms with Crippen molar-refractivity contribution in [3.8, 4) is 0 Å². The Morgan fingerprint density at radius 3 is 2.81 bits per heavy atom. The molecule has 92 valence electrons. The molecule has 0 radical (unpaired) electrons. The van der Waals surface area contributed by atoms with Gasteiger partial charge in [-0.2, -0.15) is 0 Å². The van der Waals surface area contributed by atoms with Crippen LogP contribution < -0.4 is 0 Å². The first-order chi connectivity index (χ1) is 7.67. The molecule has 0 spiro atoms. The van der Waals surface area contributed by atoms with Crippen molar-refractivity contribution in [2.75, 3.05) is 18.9 Å². The number of alkyl halides is 1. The Hall–Kier alpha value is -0.350. The zero-order valence-corrected chi connectivity index (χ0v) is 12.1. The Labute approximate surface area is 107 Å². The van der Waals surface area contributed by atoms with Gasteiger partial charge in [-0.15, -0.1) is 0 Å². The van der Waals surface area contributed by atoms with E-state index in [-0.39, 0.29) is 0 Å². The number of imidazole rings is 1. The molecule has 3 nitrogen and oxygen atoms in total. The molecule has 1 unspecified atom stereocenters. The lowest BCUT2D eigenvalue weighted by Gasteiger charge is -2.22. The van der Waals surface area contributed by atoms with Crippen molar-refractivity contribution in [2.24, 2.45) is 13.0 Å². The molecule has 1 atom stereocenters. The summed E-state index contributed by atoms with van der Waals surface area (Å²) in [6.07, 6.45) is 6.40. The Morgan fingerprint density at radius 2 is 2.31 bits per heavy atom. The minimum atomic E-state index is 0.746. The molecule has 16 heavy (non-hydrogen) atoms. The summed E-state index contributed by atoms with van der Waals surface area (Å²) in [6.45, 7) is 4.30. The SMILES string of the molecule is CCCC(CBr)CN(C)Cc1nccn1C. The van der Waals surface area contributed by atoms with Crippen LogP contribution in [0.15, 0.2) is 12.4 Å². The van der Waals surface area contributed by atoms with Gasteiger partial charge in [-0.3, -0.25) is 4.90 Å². The molecule has 1 aromatic rings. The summed E-state index contributed by atoms with van der Waals surface area (Å²) in [5, 5.41) is 1.09. The maximum absolute atomic E-state index is 4.34. The summed E-state index contributed by atoms with van der Waals surface area (Å²) in [7, 11) is 4.21. The molecule has 1 rings (SSSR count). The summed E-state index contributed by atoms with van der Waals surface area (Å²) < 4.78 is 2.08. The Kier molecular flexibility index (Phi) is 6.06. The van der Waals surface area contributed by atoms with Gasteiger partial charge in [0.2, 0.25) is 0 Å². The van der Waals surface area contributed by atoms with E-state index in [1.54, 1.807) is 0 Å². The molecule has 0 aliphatic carbocycles. The van der Waals surface area contributed by atoms with E-state index in [4.69, 9.17) is 0 Å². The van der Waals surface area contributed by atoms with Gasteiger partial charge in [-0.05, 0) is 19.4 Å². The highest BCUT2D eigenvalue weighted by atomic mass is 79.9. The highest BCUT2D eigenvalue weighted by Gasteiger charge is 2.11. The van der Waals surface area contributed by atoms with E-state index in [1.807, 2.05) is 19.4 Å². The molecule has 0 aliphatic heterocycles. The second-order valence-corrected chi connectivity index (χ2v) is 5.11. The van der Waals surface area contributed by atoms with E-state index in [1.165, 1.54) is 12.8 Å². The molecule has 0 aliphatic rings. The third kappa shape index (κ3) is 4.26. The van der Waals surface area contributed by atoms with Crippen LogP contribution in [0.3, 0.4) is 0 Å². The van der Waals surface area contributed by atoms with E-state index < -0.39 is 0 Å². The monoisotopic (exact) mass is 287 g/mol. The van der Waals surface area contributed by atoms with Crippen LogP contribution in [0, 0.1) is 5.92 Å². The van der Waals surface area contributed by atoms with Crippen LogP contribution in [0.1, 0.15) is 25.6 Å². The van der Waals surface area contributed by atoms with Crippen molar-refractivity contribution >= 4 is 15.9 Å². The molecule has 0 fully saturated rings. The summed E-state index contributed by atoms with van der Waals surface area (Å²) in [4.78, 5) is 6.70. The average Bonchev–Trinajstić information content (AvgIpc) is 2.64. The highest BCUT2D eigenvalue weighted by Crippen LogP contribution is 2.12. The highest BCUT2D eigenvalue weighted by molar-refractivity contribution is 9.09. The number of nitrogens with zero attached hydrogens (tertiary/aromatic N) is 3. The number of hydrogen-bond donors (Lipinski definition) is 0. The topological polar surface area (TPSA) is 21.1 Å². The van der Waals surface area contributed by atoms with Gasteiger partial charge in [0.1, 0.15) is 5.82 Å². The van der Waals surface area contributed by atoms with Gasteiger partial charge in [-0.1, -0.05) is 29.3 Å². The van der Waals surface area contributed by atoms with Crippen LogP contribution in [0.5, 0.6) is 0 Å². The van der Waals surface area contributed by atoms with Crippen molar-refractivity contribution in [3.05, 3.63) is 18.2 Å². The summed E-state index contributed by atoms with van der Waals surface area (Å²) >= 11 is 3.59. The van der Waals surface area contributed by atoms with Gasteiger partial charge in [0.05, 0.1) is 6.54 Å². The molecule has 0 N–H and O–H groups in total. The van der Waals surface area contributed by atoms with Crippen LogP contribution >= 0.6 is 15.9 Å². The Morgan fingerprint density at radius 1 is 1.56 bits per heavy atom. The van der Waals surface area contributed by atoms with Crippen molar-refractivity contribution in [3.63, 3.8) is 0 Å². The quantitative estimate of drug-likeness (QED) is 0.719. The minimum Gasteiger partial charge on any atom is -0.337 e. The third-order valence-corrected chi connectivity index (χ3v) is 3.73. The van der Waals surface area contributed by atoms with Crippen LogP contribution in [0.4, 0.5) is 0 Å². The fraction of sp³-hybridized carbons (Fsp3) is 0.750. The summed E-state index contributed by atoms with van der Waals surface area (Å²) in [6, 6.07) is 0. The molecule has 4 heteroatoms. The van der Waals surface area contributed by atoms with Crippen molar-refractivity contribution < 1.29 is 0 Å². The first-order valence-electron chi connectivity index (χ1n) is 5.88. The van der Waals surface area contributed by atoms with Gasteiger partial charge >= 0.3 is 0 Å². The minimum absolute atomic E-state index is 0.746. The average molecular weight is 288 g/mol. The fourth-order valence-corrected chi connectivity index (χ4v) is 2.45. The molecule has 0 bridgehead atoms. The molecule has 1 heterocycles. The maximum Gasteiger partial charge on any atom is 0.122 e. The predicted octanol–water partition coefficient (Wildman–Crippen LogP) is 2.66. The molecule has 0 saturated heterocycles. The Bertz CT molecular complexity index is 298. The van der Waals surface area contributed by atoms with Gasteiger partial charge in [0.25, 0.3) is 0 Å². The van der Waals surface area contributed by atoms with E-state index in [0.29, 0.717) is 0 Å². The van der Waals surface area contributed by atoms with Crippen molar-refractivity contribution in [2.45, 2.75) is 26.3 Å². The predicted molar refractivity (Wildman–Crippen MR) is 71.7 cm³/mol. The van der Waals surface area contributed by atoms with Gasteiger partial charge < -0.3 is 4.57 Å². The van der Waals surface area contributed by atoms with Crippen LogP contribution in [-0.2, 0) is 13.6 Å². The van der Waals surface area contributed by atoms with E-state index >= 15 is 0 Å². The lowest BCUT2D eigenvalue weighted by atomic mass is 10.1. The second-order valence-electron chi connectivity index (χ2n) is 4.46. The smallest absolute Gasteiger partial charge is 0.122 e. The van der Waals surface area contributed by atoms with Crippen LogP contribution in [0.25, 0.3) is 0 Å². The van der Waals surface area contributed by atoms with E-state index in [2.05, 4.69) is 44.4 Å². The number of aromatic nitrogens is 2. The molecule has 0 amide bonds. The molecule has 0 saturated carbocycles. The van der Waals surface area contributed by atoms with Gasteiger partial charge in [-0.25, -0.2) is 4.98 Å². The molecular formula is C12H22BrN3. The van der Waals surface area contributed by atoms with E-state index in [0.717, 1.165) is 30.2 Å². The van der Waals surface area contributed by atoms with Crippen molar-refractivity contribution in [1.82, 2.24) is 14.5 Å². The zero-order valence-electron chi connectivity index (χ0n) is 10.5. The number of halogens is 1. The molecule has 0 aromatic carbocycles. The standard InChI is InChI=1S/C12H22BrN3/c1-4-5-11(8-13)9-15(2)10-12-14-6-7-16(12)3/h6-7,11H,4-5,8-10H2,1-3H3. The summed E-state index contributed by atoms with van der Waals surface area (Å²) in [5.74, 6) is 1.88. The first kappa shape index (κ1) is 13.7. The summed E-state index contributed by atoms with van der Waals surface area (Å²) in [5.41, 5.74) is 0. The van der Waals surface area contributed by atoms with Gasteiger partial charge in [0.15, 0.2) is 0 Å². The number of hydrogen-bond acceptors (Lipinski definition) is 2. The number of rotatable bonds is 7. The Balaban J connectivity index is 2.40. The normalized spacial score (nSPS) is 13.3.